The van der Waals surface area contributed by atoms with Crippen LogP contribution in [-0.2, 0) is 11.2 Å². The molecule has 19 heavy (non-hydrogen) atoms. The molecular weight excluding hydrogens is 244 g/mol. The van der Waals surface area contributed by atoms with Crippen molar-refractivity contribution in [2.45, 2.75) is 32.4 Å². The monoisotopic (exact) mass is 266 g/mol. The van der Waals surface area contributed by atoms with Crippen LogP contribution >= 0.6 is 0 Å². The standard InChI is InChI=1S/C14H22N2O3/c1-10(2)19-12-6-4-11(5-7-12)8-13(15-3)14(18)16-9-17/h4-7,10,13,15,17H,8-9H2,1-3H3,(H,16,18). The van der Waals surface area contributed by atoms with Gasteiger partial charge in [-0.25, -0.2) is 0 Å². The first kappa shape index (κ1) is 15.5. The van der Waals surface area contributed by atoms with E-state index >= 15 is 0 Å². The second-order valence-corrected chi connectivity index (χ2v) is 4.56. The number of carbonyl (C=O) groups excluding carboxylic acids is 1. The molecule has 106 valence electrons. The van der Waals surface area contributed by atoms with Crippen LogP contribution in [0.1, 0.15) is 19.4 Å². The molecular formula is C14H22N2O3. The van der Waals surface area contributed by atoms with E-state index in [1.54, 1.807) is 7.05 Å². The summed E-state index contributed by atoms with van der Waals surface area (Å²) in [5.74, 6) is 0.604. The Bertz CT molecular complexity index is 390. The van der Waals surface area contributed by atoms with E-state index in [0.717, 1.165) is 11.3 Å². The molecule has 0 spiro atoms. The van der Waals surface area contributed by atoms with Gasteiger partial charge in [0.15, 0.2) is 0 Å². The first-order chi connectivity index (χ1) is 9.06. The van der Waals surface area contributed by atoms with Crippen LogP contribution in [0.15, 0.2) is 24.3 Å². The molecule has 1 unspecified atom stereocenters. The molecule has 0 radical (unpaired) electrons. The second kappa shape index (κ2) is 7.76. The summed E-state index contributed by atoms with van der Waals surface area (Å²) >= 11 is 0. The van der Waals surface area contributed by atoms with Gasteiger partial charge >= 0.3 is 0 Å². The number of hydrogen-bond donors (Lipinski definition) is 3. The molecule has 1 rings (SSSR count). The lowest BCUT2D eigenvalue weighted by Gasteiger charge is -2.16. The van der Waals surface area contributed by atoms with Crippen molar-refractivity contribution in [1.82, 2.24) is 10.6 Å². The third-order valence-corrected chi connectivity index (χ3v) is 2.65. The molecule has 5 nitrogen and oxygen atoms in total. The Morgan fingerprint density at radius 1 is 1.32 bits per heavy atom. The normalized spacial score (nSPS) is 12.3. The molecule has 0 bridgehead atoms. The SMILES string of the molecule is CNC(Cc1ccc(OC(C)C)cc1)C(=O)NCO. The van der Waals surface area contributed by atoms with Crippen molar-refractivity contribution in [2.75, 3.05) is 13.8 Å². The Kier molecular flexibility index (Phi) is 6.32. The third-order valence-electron chi connectivity index (χ3n) is 2.65. The highest BCUT2D eigenvalue weighted by molar-refractivity contribution is 5.81. The number of hydrogen-bond acceptors (Lipinski definition) is 4. The van der Waals surface area contributed by atoms with Crippen molar-refractivity contribution in [1.29, 1.82) is 0 Å². The fraction of sp³-hybridized carbons (Fsp3) is 0.500. The summed E-state index contributed by atoms with van der Waals surface area (Å²) < 4.78 is 5.56. The summed E-state index contributed by atoms with van der Waals surface area (Å²) in [7, 11) is 1.72. The Morgan fingerprint density at radius 3 is 2.42 bits per heavy atom. The minimum Gasteiger partial charge on any atom is -0.491 e. The van der Waals surface area contributed by atoms with Gasteiger partial charge in [-0.05, 0) is 45.0 Å². The number of ether oxygens (including phenoxy) is 1. The lowest BCUT2D eigenvalue weighted by atomic mass is 10.1. The van der Waals surface area contributed by atoms with Crippen molar-refractivity contribution in [3.63, 3.8) is 0 Å². The van der Waals surface area contributed by atoms with Crippen LogP contribution in [0, 0.1) is 0 Å². The molecule has 0 fully saturated rings. The van der Waals surface area contributed by atoms with Gasteiger partial charge in [-0.1, -0.05) is 12.1 Å². The van der Waals surface area contributed by atoms with Gasteiger partial charge in [0, 0.05) is 0 Å². The molecule has 3 N–H and O–H groups in total. The molecule has 1 amide bonds. The highest BCUT2D eigenvalue weighted by Gasteiger charge is 2.16. The third kappa shape index (κ3) is 5.28. The number of likely N-dealkylation sites (N-methyl/N-ethyl adjacent to an activating group) is 1. The fourth-order valence-electron chi connectivity index (χ4n) is 1.74. The van der Waals surface area contributed by atoms with Crippen molar-refractivity contribution < 1.29 is 14.6 Å². The maximum absolute atomic E-state index is 11.6. The van der Waals surface area contributed by atoms with Gasteiger partial charge in [0.05, 0.1) is 12.1 Å². The van der Waals surface area contributed by atoms with E-state index in [4.69, 9.17) is 9.84 Å². The van der Waals surface area contributed by atoms with Crippen molar-refractivity contribution in [3.05, 3.63) is 29.8 Å². The van der Waals surface area contributed by atoms with E-state index in [-0.39, 0.29) is 24.8 Å². The lowest BCUT2D eigenvalue weighted by Crippen LogP contribution is -2.44. The summed E-state index contributed by atoms with van der Waals surface area (Å²) in [5, 5.41) is 14.0. The molecule has 1 atom stereocenters. The predicted octanol–water partition coefficient (Wildman–Crippen LogP) is 0.670. The number of aliphatic hydroxyl groups excluding tert-OH is 1. The first-order valence-electron chi connectivity index (χ1n) is 6.38. The zero-order chi connectivity index (χ0) is 14.3. The summed E-state index contributed by atoms with van der Waals surface area (Å²) in [6.45, 7) is 3.60. The molecule has 0 aromatic heterocycles. The fourth-order valence-corrected chi connectivity index (χ4v) is 1.74. The molecule has 1 aromatic rings. The largest absolute Gasteiger partial charge is 0.491 e. The Morgan fingerprint density at radius 2 is 1.95 bits per heavy atom. The molecule has 0 heterocycles. The van der Waals surface area contributed by atoms with E-state index in [2.05, 4.69) is 10.6 Å². The van der Waals surface area contributed by atoms with Gasteiger partial charge in [0.25, 0.3) is 0 Å². The van der Waals surface area contributed by atoms with E-state index in [0.29, 0.717) is 6.42 Å². The van der Waals surface area contributed by atoms with Crippen molar-refractivity contribution >= 4 is 5.91 Å². The minimum atomic E-state index is -0.357. The van der Waals surface area contributed by atoms with Gasteiger partial charge < -0.3 is 20.5 Å². The summed E-state index contributed by atoms with van der Waals surface area (Å²) in [6.07, 6.45) is 0.704. The van der Waals surface area contributed by atoms with E-state index in [1.807, 2.05) is 38.1 Å². The summed E-state index contributed by atoms with van der Waals surface area (Å²) in [6, 6.07) is 7.31. The average molecular weight is 266 g/mol. The van der Waals surface area contributed by atoms with Gasteiger partial charge in [0.1, 0.15) is 12.5 Å². The Balaban J connectivity index is 2.62. The highest BCUT2D eigenvalue weighted by Crippen LogP contribution is 2.14. The number of carbonyl (C=O) groups is 1. The topological polar surface area (TPSA) is 70.6 Å². The predicted molar refractivity (Wildman–Crippen MR) is 74.0 cm³/mol. The number of benzene rings is 1. The molecule has 0 aliphatic carbocycles. The second-order valence-electron chi connectivity index (χ2n) is 4.56. The molecule has 0 aliphatic heterocycles. The van der Waals surface area contributed by atoms with E-state index < -0.39 is 0 Å². The minimum absolute atomic E-state index is 0.145. The van der Waals surface area contributed by atoms with Crippen LogP contribution in [0.3, 0.4) is 0 Å². The van der Waals surface area contributed by atoms with Crippen molar-refractivity contribution in [3.8, 4) is 5.75 Å². The van der Waals surface area contributed by atoms with E-state index in [1.165, 1.54) is 0 Å². The molecule has 5 heteroatoms. The maximum Gasteiger partial charge on any atom is 0.239 e. The summed E-state index contributed by atoms with van der Waals surface area (Å²) in [4.78, 5) is 11.6. The number of rotatable bonds is 7. The van der Waals surface area contributed by atoms with Crippen LogP contribution in [0.25, 0.3) is 0 Å². The van der Waals surface area contributed by atoms with Crippen LogP contribution in [0.5, 0.6) is 5.75 Å². The number of aliphatic hydroxyl groups is 1. The smallest absolute Gasteiger partial charge is 0.239 e. The highest BCUT2D eigenvalue weighted by atomic mass is 16.5. The molecule has 1 aromatic carbocycles. The Labute approximate surface area is 114 Å². The van der Waals surface area contributed by atoms with Crippen LogP contribution in [-0.4, -0.2) is 36.9 Å². The Hall–Kier alpha value is -1.59. The zero-order valence-electron chi connectivity index (χ0n) is 11.6. The maximum atomic E-state index is 11.6. The zero-order valence-corrected chi connectivity index (χ0v) is 11.6. The number of amides is 1. The van der Waals surface area contributed by atoms with Crippen molar-refractivity contribution in [2.24, 2.45) is 0 Å². The summed E-state index contributed by atoms with van der Waals surface area (Å²) in [5.41, 5.74) is 1.03. The van der Waals surface area contributed by atoms with Gasteiger partial charge in [-0.15, -0.1) is 0 Å². The van der Waals surface area contributed by atoms with Crippen LogP contribution < -0.4 is 15.4 Å². The van der Waals surface area contributed by atoms with Gasteiger partial charge in [-0.2, -0.15) is 0 Å². The molecule has 0 aliphatic rings. The van der Waals surface area contributed by atoms with Crippen LogP contribution in [0.4, 0.5) is 0 Å². The molecule has 0 saturated heterocycles. The number of nitrogens with one attached hydrogen (secondary N) is 2. The average Bonchev–Trinajstić information content (AvgIpc) is 2.37. The van der Waals surface area contributed by atoms with E-state index in [9.17, 15) is 4.79 Å². The lowest BCUT2D eigenvalue weighted by molar-refractivity contribution is -0.124. The van der Waals surface area contributed by atoms with Gasteiger partial charge in [-0.3, -0.25) is 4.79 Å². The first-order valence-corrected chi connectivity index (χ1v) is 6.38. The quantitative estimate of drug-likeness (QED) is 0.634. The van der Waals surface area contributed by atoms with Crippen LogP contribution in [0.2, 0.25) is 0 Å². The van der Waals surface area contributed by atoms with Gasteiger partial charge in [0.2, 0.25) is 5.91 Å². The molecule has 0 saturated carbocycles.